The lowest BCUT2D eigenvalue weighted by Gasteiger charge is -2.27. The number of hydrogen-bond acceptors (Lipinski definition) is 3. The molecular formula is C86H61N4OP. The molecule has 0 aliphatic carbocycles. The molecule has 5 nitrogen and oxygen atoms in total. The van der Waals surface area contributed by atoms with Crippen LogP contribution in [0.5, 0.6) is 0 Å². The third-order valence-corrected chi connectivity index (χ3v) is 20.9. The Labute approximate surface area is 535 Å². The molecule has 0 fully saturated rings. The van der Waals surface area contributed by atoms with E-state index in [0.717, 1.165) is 83.5 Å². The van der Waals surface area contributed by atoms with Gasteiger partial charge in [-0.05, 0) is 155 Å². The summed E-state index contributed by atoms with van der Waals surface area (Å²) >= 11 is 0. The molecule has 0 unspecified atom stereocenters. The van der Waals surface area contributed by atoms with Gasteiger partial charge in [0.15, 0.2) is 7.14 Å². The van der Waals surface area contributed by atoms with E-state index < -0.39 is 7.14 Å². The smallest absolute Gasteiger partial charge is 0.171 e. The van der Waals surface area contributed by atoms with Gasteiger partial charge < -0.3 is 23.5 Å². The molecule has 0 saturated carbocycles. The lowest BCUT2D eigenvalue weighted by atomic mass is 10.0. The fourth-order valence-corrected chi connectivity index (χ4v) is 16.2. The summed E-state index contributed by atoms with van der Waals surface area (Å²) in [6, 6.07) is 130. The first-order valence-electron chi connectivity index (χ1n) is 31.3. The zero-order valence-corrected chi connectivity index (χ0v) is 51.3. The highest BCUT2D eigenvalue weighted by Crippen LogP contribution is 2.45. The van der Waals surface area contributed by atoms with Gasteiger partial charge in [-0.2, -0.15) is 0 Å². The monoisotopic (exact) mass is 1200 g/mol. The fourth-order valence-electron chi connectivity index (χ4n) is 13.5. The second-order valence-electron chi connectivity index (χ2n) is 23.1. The van der Waals surface area contributed by atoms with Crippen LogP contribution < -0.4 is 25.7 Å². The van der Waals surface area contributed by atoms with Crippen LogP contribution in [0.15, 0.2) is 370 Å². The van der Waals surface area contributed by atoms with Crippen molar-refractivity contribution in [1.29, 1.82) is 0 Å². The van der Waals surface area contributed by atoms with Gasteiger partial charge >= 0.3 is 0 Å². The summed E-state index contributed by atoms with van der Waals surface area (Å²) in [5.74, 6) is 0. The van der Waals surface area contributed by atoms with Gasteiger partial charge in [-0.1, -0.05) is 237 Å². The molecule has 0 aliphatic rings. The van der Waals surface area contributed by atoms with Gasteiger partial charge in [-0.25, -0.2) is 0 Å². The Balaban J connectivity index is 0.000000146. The molecule has 6 heteroatoms. The van der Waals surface area contributed by atoms with Crippen LogP contribution in [0.3, 0.4) is 0 Å². The molecule has 436 valence electrons. The largest absolute Gasteiger partial charge is 0.310 e. The normalized spacial score (nSPS) is 11.5. The average molecular weight is 1200 g/mol. The Morgan fingerprint density at radius 2 is 0.489 bits per heavy atom. The van der Waals surface area contributed by atoms with Crippen LogP contribution >= 0.6 is 7.14 Å². The molecule has 92 heavy (non-hydrogen) atoms. The van der Waals surface area contributed by atoms with E-state index in [-0.39, 0.29) is 0 Å². The van der Waals surface area contributed by atoms with Gasteiger partial charge in [-0.15, -0.1) is 0 Å². The second-order valence-corrected chi connectivity index (χ2v) is 25.9. The predicted molar refractivity (Wildman–Crippen MR) is 391 cm³/mol. The van der Waals surface area contributed by atoms with Gasteiger partial charge in [-0.3, -0.25) is 0 Å². The van der Waals surface area contributed by atoms with Crippen molar-refractivity contribution in [3.8, 4) is 22.5 Å². The van der Waals surface area contributed by atoms with Gasteiger partial charge in [0.2, 0.25) is 0 Å². The van der Waals surface area contributed by atoms with E-state index in [4.69, 9.17) is 0 Å². The molecule has 0 spiro atoms. The summed E-state index contributed by atoms with van der Waals surface area (Å²) in [7, 11) is -3.18. The Morgan fingerprint density at radius 1 is 0.217 bits per heavy atom. The molecule has 15 aromatic carbocycles. The van der Waals surface area contributed by atoms with Crippen LogP contribution in [-0.2, 0) is 4.57 Å². The van der Waals surface area contributed by atoms with Crippen molar-refractivity contribution in [3.63, 3.8) is 0 Å². The number of nitrogens with zero attached hydrogens (tertiary/aromatic N) is 4. The molecule has 0 amide bonds. The highest BCUT2D eigenvalue weighted by molar-refractivity contribution is 7.85. The fraction of sp³-hybridized carbons (Fsp3) is 0. The molecule has 2 aromatic heterocycles. The number of rotatable bonds is 12. The van der Waals surface area contributed by atoms with Crippen LogP contribution in [0.25, 0.3) is 87.7 Å². The molecule has 17 rings (SSSR count). The maximum Gasteiger partial charge on any atom is 0.171 e. The third kappa shape index (κ3) is 9.99. The lowest BCUT2D eigenvalue weighted by Crippen LogP contribution is -2.25. The van der Waals surface area contributed by atoms with Gasteiger partial charge in [0.1, 0.15) is 0 Å². The van der Waals surface area contributed by atoms with Gasteiger partial charge in [0.25, 0.3) is 0 Å². The van der Waals surface area contributed by atoms with Crippen molar-refractivity contribution >= 4 is 122 Å². The van der Waals surface area contributed by atoms with E-state index in [0.29, 0.717) is 0 Å². The number of hydrogen-bond donors (Lipinski definition) is 0. The van der Waals surface area contributed by atoms with E-state index in [1.165, 1.54) is 54.2 Å². The summed E-state index contributed by atoms with van der Waals surface area (Å²) in [4.78, 5) is 4.69. The number of benzene rings is 15. The Hall–Kier alpha value is -11.8. The Bertz CT molecular complexity index is 5090. The van der Waals surface area contributed by atoms with Crippen molar-refractivity contribution in [1.82, 2.24) is 9.13 Å². The van der Waals surface area contributed by atoms with Crippen molar-refractivity contribution in [2.24, 2.45) is 0 Å². The minimum Gasteiger partial charge on any atom is -0.310 e. The summed E-state index contributed by atoms with van der Waals surface area (Å²) < 4.78 is 20.0. The van der Waals surface area contributed by atoms with E-state index in [2.05, 4.69) is 334 Å². The zero-order chi connectivity index (χ0) is 61.4. The van der Waals surface area contributed by atoms with E-state index in [9.17, 15) is 0 Å². The Morgan fingerprint density at radius 3 is 0.848 bits per heavy atom. The first-order chi connectivity index (χ1) is 45.5. The minimum absolute atomic E-state index is 0.813. The molecule has 0 bridgehead atoms. The summed E-state index contributed by atoms with van der Waals surface area (Å²) in [5, 5.41) is 12.2. The van der Waals surface area contributed by atoms with Gasteiger partial charge in [0.05, 0.1) is 33.4 Å². The molecular weight excluding hydrogens is 1140 g/mol. The van der Waals surface area contributed by atoms with E-state index >= 15 is 4.57 Å². The van der Waals surface area contributed by atoms with Crippen LogP contribution in [0.1, 0.15) is 0 Å². The topological polar surface area (TPSA) is 33.4 Å². The number of aromatic nitrogens is 2. The molecule has 0 N–H and O–H groups in total. The molecule has 0 atom stereocenters. The van der Waals surface area contributed by atoms with Gasteiger partial charge in [0, 0.05) is 82.4 Å². The number of fused-ring (bicyclic) bond motifs is 8. The highest BCUT2D eigenvalue weighted by Gasteiger charge is 2.30. The first-order valence-corrected chi connectivity index (χ1v) is 33.0. The molecule has 0 aliphatic heterocycles. The quantitative estimate of drug-likeness (QED) is 0.114. The third-order valence-electron chi connectivity index (χ3n) is 17.9. The Kier molecular flexibility index (Phi) is 14.5. The minimum atomic E-state index is -3.18. The second kappa shape index (κ2) is 24.0. The van der Waals surface area contributed by atoms with E-state index in [1.54, 1.807) is 0 Å². The van der Waals surface area contributed by atoms with Crippen LogP contribution in [0.4, 0.5) is 34.1 Å². The van der Waals surface area contributed by atoms with Crippen molar-refractivity contribution in [2.75, 3.05) is 9.80 Å². The zero-order valence-electron chi connectivity index (χ0n) is 50.4. The summed E-state index contributed by atoms with van der Waals surface area (Å²) in [6.07, 6.45) is 0. The highest BCUT2D eigenvalue weighted by atomic mass is 31.2. The molecule has 17 aromatic rings. The van der Waals surface area contributed by atoms with Crippen LogP contribution in [0, 0.1) is 0 Å². The van der Waals surface area contributed by atoms with Crippen LogP contribution in [-0.4, -0.2) is 9.13 Å². The molecule has 0 saturated heterocycles. The first kappa shape index (κ1) is 55.6. The van der Waals surface area contributed by atoms with Crippen molar-refractivity contribution < 1.29 is 4.57 Å². The number of para-hydroxylation sites is 6. The average Bonchev–Trinajstić information content (AvgIpc) is 1.55. The maximum absolute atomic E-state index is 15.4. The van der Waals surface area contributed by atoms with E-state index in [1.807, 2.05) is 54.6 Å². The van der Waals surface area contributed by atoms with Crippen LogP contribution in [0.2, 0.25) is 0 Å². The predicted octanol–water partition coefficient (Wildman–Crippen LogP) is 22.1. The standard InChI is InChI=1S/C44H32N2.C42H29N2OP/c1-3-17-37(18-4-1)45(43-23-11-15-35-13-7-9-21-41(35)43)39-29-25-33(26-30-39)34-27-31-40(32-28-34)46(38-19-5-2-6-20-38)44-24-12-16-36-14-8-10-22-42(36)44;45-46(32-12-2-1-3-13-32,33-26-22-30(23-27-33)43-39-18-8-4-14-35(39)36-15-5-9-19-40(36)43)34-28-24-31(25-29-34)44-41-20-10-6-16-37(41)38-17-7-11-21-42(38)44/h1-32H;1-29H. The summed E-state index contributed by atoms with van der Waals surface area (Å²) in [6.45, 7) is 0. The maximum atomic E-state index is 15.4. The van der Waals surface area contributed by atoms with Crippen molar-refractivity contribution in [2.45, 2.75) is 0 Å². The number of anilines is 6. The SMILES string of the molecule is O=P(c1ccccc1)(c1ccc(-n2c3ccccc3c3ccccc32)cc1)c1ccc(-n2c3ccccc3c3ccccc32)cc1.c1ccc(N(c2ccc(-c3ccc(N(c4ccccc4)c4cccc5ccccc45)cc3)cc2)c2cccc3ccccc23)cc1. The lowest BCUT2D eigenvalue weighted by molar-refractivity contribution is 0.592. The van der Waals surface area contributed by atoms with Crippen molar-refractivity contribution in [3.05, 3.63) is 370 Å². The summed E-state index contributed by atoms with van der Waals surface area (Å²) in [5.41, 5.74) is 15.9. The molecule has 0 radical (unpaired) electrons. The molecule has 2 heterocycles.